The fourth-order valence-electron chi connectivity index (χ4n) is 3.57. The van der Waals surface area contributed by atoms with Crippen molar-refractivity contribution in [3.8, 4) is 0 Å². The van der Waals surface area contributed by atoms with E-state index in [0.717, 1.165) is 43.7 Å². The van der Waals surface area contributed by atoms with Gasteiger partial charge in [-0.25, -0.2) is 4.98 Å². The van der Waals surface area contributed by atoms with Crippen LogP contribution >= 0.6 is 0 Å². The third-order valence-corrected chi connectivity index (χ3v) is 4.81. The number of nitrogens with zero attached hydrogens (tertiary/aromatic N) is 3. The second-order valence-electron chi connectivity index (χ2n) is 6.88. The molecule has 0 aliphatic carbocycles. The predicted octanol–water partition coefficient (Wildman–Crippen LogP) is 4.16. The molecule has 1 unspecified atom stereocenters. The highest BCUT2D eigenvalue weighted by Crippen LogP contribution is 2.34. The zero-order valence-corrected chi connectivity index (χ0v) is 14.5. The first-order valence-electron chi connectivity index (χ1n) is 8.86. The zero-order valence-electron chi connectivity index (χ0n) is 14.5. The van der Waals surface area contributed by atoms with Gasteiger partial charge in [-0.2, -0.15) is 0 Å². The standard InChI is InChI=1S/C19H27N3O/c1-4-21-16-9-6-5-8-15(16)20-19(21)17-10-7-13-22(17)18(23)12-11-14(2)3/h5-6,8-9,14,17H,4,7,10-13H2,1-3H3. The summed E-state index contributed by atoms with van der Waals surface area (Å²) in [6.07, 6.45) is 3.72. The maximum Gasteiger partial charge on any atom is 0.223 e. The summed E-state index contributed by atoms with van der Waals surface area (Å²) in [6, 6.07) is 8.40. The molecule has 4 nitrogen and oxygen atoms in total. The maximum atomic E-state index is 12.6. The second-order valence-corrected chi connectivity index (χ2v) is 6.88. The molecule has 1 aliphatic rings. The number of likely N-dealkylation sites (tertiary alicyclic amines) is 1. The van der Waals surface area contributed by atoms with Crippen molar-refractivity contribution in [2.45, 2.75) is 59.0 Å². The largest absolute Gasteiger partial charge is 0.333 e. The van der Waals surface area contributed by atoms with Crippen LogP contribution in [0.15, 0.2) is 24.3 Å². The van der Waals surface area contributed by atoms with Gasteiger partial charge in [-0.05, 0) is 44.2 Å². The van der Waals surface area contributed by atoms with Gasteiger partial charge in [-0.3, -0.25) is 4.79 Å². The number of hydrogen-bond acceptors (Lipinski definition) is 2. The molecule has 1 saturated heterocycles. The van der Waals surface area contributed by atoms with Crippen molar-refractivity contribution < 1.29 is 4.79 Å². The molecule has 0 saturated carbocycles. The van der Waals surface area contributed by atoms with E-state index in [1.807, 2.05) is 6.07 Å². The van der Waals surface area contributed by atoms with Crippen molar-refractivity contribution in [2.75, 3.05) is 6.54 Å². The lowest BCUT2D eigenvalue weighted by Gasteiger charge is -2.25. The summed E-state index contributed by atoms with van der Waals surface area (Å²) in [7, 11) is 0. The van der Waals surface area contributed by atoms with Crippen LogP contribution in [0.3, 0.4) is 0 Å². The van der Waals surface area contributed by atoms with Crippen molar-refractivity contribution in [3.05, 3.63) is 30.1 Å². The van der Waals surface area contributed by atoms with E-state index >= 15 is 0 Å². The molecule has 0 radical (unpaired) electrons. The minimum absolute atomic E-state index is 0.141. The van der Waals surface area contributed by atoms with E-state index in [0.29, 0.717) is 12.3 Å². The highest BCUT2D eigenvalue weighted by Gasteiger charge is 2.33. The van der Waals surface area contributed by atoms with Gasteiger partial charge in [0.1, 0.15) is 5.82 Å². The molecule has 0 bridgehead atoms. The molecule has 2 aromatic rings. The monoisotopic (exact) mass is 313 g/mol. The molecule has 0 spiro atoms. The van der Waals surface area contributed by atoms with Crippen LogP contribution in [-0.2, 0) is 11.3 Å². The smallest absolute Gasteiger partial charge is 0.223 e. The summed E-state index contributed by atoms with van der Waals surface area (Å²) in [6.45, 7) is 8.25. The van der Waals surface area contributed by atoms with E-state index in [1.165, 1.54) is 5.52 Å². The fourth-order valence-corrected chi connectivity index (χ4v) is 3.57. The topological polar surface area (TPSA) is 38.1 Å². The summed E-state index contributed by atoms with van der Waals surface area (Å²) in [5.74, 6) is 1.92. The van der Waals surface area contributed by atoms with Crippen LogP contribution in [0.2, 0.25) is 0 Å². The molecule has 3 rings (SSSR count). The van der Waals surface area contributed by atoms with Crippen LogP contribution in [0.25, 0.3) is 11.0 Å². The molecule has 4 heteroatoms. The summed E-state index contributed by atoms with van der Waals surface area (Å²) in [5.41, 5.74) is 2.21. The summed E-state index contributed by atoms with van der Waals surface area (Å²) >= 11 is 0. The Morgan fingerprint density at radius 1 is 1.35 bits per heavy atom. The van der Waals surface area contributed by atoms with Crippen molar-refractivity contribution in [3.63, 3.8) is 0 Å². The lowest BCUT2D eigenvalue weighted by Crippen LogP contribution is -2.32. The third kappa shape index (κ3) is 3.12. The van der Waals surface area contributed by atoms with Crippen LogP contribution in [0.1, 0.15) is 58.3 Å². The van der Waals surface area contributed by atoms with E-state index in [1.54, 1.807) is 0 Å². The molecule has 1 aromatic heterocycles. The molecular formula is C19H27N3O. The van der Waals surface area contributed by atoms with Gasteiger partial charge in [0.2, 0.25) is 5.91 Å². The molecular weight excluding hydrogens is 286 g/mol. The molecule has 1 fully saturated rings. The Hall–Kier alpha value is -1.84. The Morgan fingerprint density at radius 2 is 2.13 bits per heavy atom. The van der Waals surface area contributed by atoms with Crippen LogP contribution in [0.5, 0.6) is 0 Å². The number of imidazole rings is 1. The van der Waals surface area contributed by atoms with E-state index in [4.69, 9.17) is 4.98 Å². The summed E-state index contributed by atoms with van der Waals surface area (Å²) < 4.78 is 2.27. The maximum absolute atomic E-state index is 12.6. The third-order valence-electron chi connectivity index (χ3n) is 4.81. The number of fused-ring (bicyclic) bond motifs is 1. The molecule has 124 valence electrons. The van der Waals surface area contributed by atoms with E-state index in [-0.39, 0.29) is 11.9 Å². The Balaban J connectivity index is 1.89. The molecule has 1 aliphatic heterocycles. The highest BCUT2D eigenvalue weighted by atomic mass is 16.2. The minimum Gasteiger partial charge on any atom is -0.333 e. The first kappa shape index (κ1) is 16.0. The van der Waals surface area contributed by atoms with Gasteiger partial charge in [0, 0.05) is 19.5 Å². The predicted molar refractivity (Wildman–Crippen MR) is 93.2 cm³/mol. The number of rotatable bonds is 5. The van der Waals surface area contributed by atoms with Crippen molar-refractivity contribution in [2.24, 2.45) is 5.92 Å². The van der Waals surface area contributed by atoms with Gasteiger partial charge in [0.05, 0.1) is 17.1 Å². The molecule has 1 aromatic carbocycles. The number of para-hydroxylation sites is 2. The Bertz CT molecular complexity index is 689. The summed E-state index contributed by atoms with van der Waals surface area (Å²) in [4.78, 5) is 19.6. The number of carbonyl (C=O) groups is 1. The highest BCUT2D eigenvalue weighted by molar-refractivity contribution is 5.78. The van der Waals surface area contributed by atoms with Crippen LogP contribution in [-0.4, -0.2) is 26.9 Å². The van der Waals surface area contributed by atoms with Crippen molar-refractivity contribution >= 4 is 16.9 Å². The SMILES string of the molecule is CCn1c(C2CCCN2C(=O)CCC(C)C)nc2ccccc21. The van der Waals surface area contributed by atoms with Crippen LogP contribution < -0.4 is 0 Å². The van der Waals surface area contributed by atoms with Crippen molar-refractivity contribution in [1.82, 2.24) is 14.5 Å². The van der Waals surface area contributed by atoms with Gasteiger partial charge in [0.25, 0.3) is 0 Å². The number of carbonyl (C=O) groups excluding carboxylic acids is 1. The molecule has 1 atom stereocenters. The molecule has 23 heavy (non-hydrogen) atoms. The van der Waals surface area contributed by atoms with Gasteiger partial charge in [0.15, 0.2) is 0 Å². The number of amides is 1. The van der Waals surface area contributed by atoms with E-state index in [9.17, 15) is 4.79 Å². The number of benzene rings is 1. The molecule has 0 N–H and O–H groups in total. The lowest BCUT2D eigenvalue weighted by atomic mass is 10.1. The molecule has 1 amide bonds. The van der Waals surface area contributed by atoms with Crippen molar-refractivity contribution in [1.29, 1.82) is 0 Å². The summed E-state index contributed by atoms with van der Waals surface area (Å²) in [5, 5.41) is 0. The van der Waals surface area contributed by atoms with E-state index < -0.39 is 0 Å². The number of aromatic nitrogens is 2. The quantitative estimate of drug-likeness (QED) is 0.831. The second kappa shape index (κ2) is 6.73. The Labute approximate surface area is 138 Å². The van der Waals surface area contributed by atoms with Crippen LogP contribution in [0.4, 0.5) is 0 Å². The normalized spacial score (nSPS) is 18.3. The van der Waals surface area contributed by atoms with E-state index in [2.05, 4.69) is 48.4 Å². The van der Waals surface area contributed by atoms with Gasteiger partial charge >= 0.3 is 0 Å². The Morgan fingerprint density at radius 3 is 2.87 bits per heavy atom. The number of hydrogen-bond donors (Lipinski definition) is 0. The van der Waals surface area contributed by atoms with Gasteiger partial charge in [-0.15, -0.1) is 0 Å². The molecule has 2 heterocycles. The Kier molecular flexibility index (Phi) is 4.69. The van der Waals surface area contributed by atoms with Gasteiger partial charge in [-0.1, -0.05) is 26.0 Å². The number of aryl methyl sites for hydroxylation is 1. The average Bonchev–Trinajstić information content (AvgIpc) is 3.16. The zero-order chi connectivity index (χ0) is 16.4. The first-order valence-corrected chi connectivity index (χ1v) is 8.86. The average molecular weight is 313 g/mol. The fraction of sp³-hybridized carbons (Fsp3) is 0.579. The minimum atomic E-state index is 0.141. The lowest BCUT2D eigenvalue weighted by molar-refractivity contribution is -0.132. The van der Waals surface area contributed by atoms with Gasteiger partial charge < -0.3 is 9.47 Å². The first-order chi connectivity index (χ1) is 11.1. The van der Waals surface area contributed by atoms with Crippen LogP contribution in [0, 0.1) is 5.92 Å².